The number of carbonyl (C=O) groups excluding carboxylic acids is 1. The Bertz CT molecular complexity index is 574. The van der Waals surface area contributed by atoms with Gasteiger partial charge in [-0.2, -0.15) is 0 Å². The first kappa shape index (κ1) is 24.6. The summed E-state index contributed by atoms with van der Waals surface area (Å²) < 4.78 is 0. The summed E-state index contributed by atoms with van der Waals surface area (Å²) in [4.78, 5) is 14.1. The Morgan fingerprint density at radius 2 is 1.00 bits per heavy atom. The summed E-state index contributed by atoms with van der Waals surface area (Å²) in [5.74, 6) is 1.37. The molecule has 4 aliphatic carbocycles. The highest BCUT2D eigenvalue weighted by Crippen LogP contribution is 2.47. The van der Waals surface area contributed by atoms with Gasteiger partial charge in [0.1, 0.15) is 5.78 Å². The first-order chi connectivity index (χ1) is 15.3. The van der Waals surface area contributed by atoms with Gasteiger partial charge in [-0.1, -0.05) is 78.1 Å². The molecule has 0 radical (unpaired) electrons. The van der Waals surface area contributed by atoms with Gasteiger partial charge in [0.15, 0.2) is 0 Å². The highest BCUT2D eigenvalue weighted by atomic mass is 16.3. The lowest BCUT2D eigenvalue weighted by atomic mass is 9.58. The monoisotopic (exact) mass is 448 g/mol. The van der Waals surface area contributed by atoms with Gasteiger partial charge in [0, 0.05) is 23.9 Å². The molecule has 4 rings (SSSR count). The van der Waals surface area contributed by atoms with Gasteiger partial charge in [0.25, 0.3) is 0 Å². The number of nitrogens with two attached hydrogens (primary N) is 2. The lowest BCUT2D eigenvalue weighted by Crippen LogP contribution is -2.59. The highest BCUT2D eigenvalue weighted by Gasteiger charge is 2.51. The lowest BCUT2D eigenvalue weighted by Gasteiger charge is -2.49. The molecule has 0 spiro atoms. The van der Waals surface area contributed by atoms with Crippen LogP contribution >= 0.6 is 0 Å². The molecule has 32 heavy (non-hydrogen) atoms. The van der Waals surface area contributed by atoms with E-state index in [0.29, 0.717) is 17.6 Å². The zero-order valence-electron chi connectivity index (χ0n) is 20.4. The number of hydrogen-bond acceptors (Lipinski definition) is 5. The minimum atomic E-state index is -0.500. The van der Waals surface area contributed by atoms with Crippen molar-refractivity contribution < 1.29 is 15.0 Å². The van der Waals surface area contributed by atoms with Gasteiger partial charge in [-0.25, -0.2) is 0 Å². The molecule has 0 amide bonds. The average Bonchev–Trinajstić information content (AvgIpc) is 2.82. The minimum Gasteiger partial charge on any atom is -0.391 e. The molecule has 6 N–H and O–H groups in total. The van der Waals surface area contributed by atoms with E-state index in [1.807, 2.05) is 0 Å². The SMILES string of the molecule is CC1C(C(=O)C2CC(C3CCCCC3)C(O)C(N)C2C)CC(C2CCCCC2)C(O)C1N. The zero-order valence-corrected chi connectivity index (χ0v) is 20.4. The van der Waals surface area contributed by atoms with Gasteiger partial charge >= 0.3 is 0 Å². The summed E-state index contributed by atoms with van der Waals surface area (Å²) in [7, 11) is 0. The summed E-state index contributed by atoms with van der Waals surface area (Å²) in [6, 6.07) is -0.672. The smallest absolute Gasteiger partial charge is 0.139 e. The van der Waals surface area contributed by atoms with Crippen molar-refractivity contribution in [3.63, 3.8) is 0 Å². The maximum absolute atomic E-state index is 14.1. The molecule has 0 aromatic carbocycles. The van der Waals surface area contributed by atoms with Crippen LogP contribution < -0.4 is 11.5 Å². The van der Waals surface area contributed by atoms with E-state index in [4.69, 9.17) is 11.5 Å². The third-order valence-electron chi connectivity index (χ3n) is 10.4. The Hall–Kier alpha value is -0.490. The Kier molecular flexibility index (Phi) is 8.02. The Labute approximate surface area is 195 Å². The molecule has 4 saturated carbocycles. The summed E-state index contributed by atoms with van der Waals surface area (Å²) in [6.07, 6.45) is 12.7. The van der Waals surface area contributed by atoms with Crippen LogP contribution in [-0.2, 0) is 4.79 Å². The van der Waals surface area contributed by atoms with Crippen molar-refractivity contribution >= 4 is 5.78 Å². The van der Waals surface area contributed by atoms with Crippen LogP contribution in [0.4, 0.5) is 0 Å². The molecular formula is C27H48N2O3. The molecule has 10 atom stereocenters. The van der Waals surface area contributed by atoms with Crippen molar-refractivity contribution in [2.24, 2.45) is 58.8 Å². The van der Waals surface area contributed by atoms with E-state index in [1.165, 1.54) is 38.5 Å². The lowest BCUT2D eigenvalue weighted by molar-refractivity contribution is -0.141. The van der Waals surface area contributed by atoms with Crippen LogP contribution in [0.2, 0.25) is 0 Å². The number of Topliss-reactive ketones (excluding diaryl/α,β-unsaturated/α-hetero) is 1. The van der Waals surface area contributed by atoms with Gasteiger partial charge in [-0.3, -0.25) is 4.79 Å². The van der Waals surface area contributed by atoms with Crippen LogP contribution in [0.5, 0.6) is 0 Å². The number of aliphatic hydroxyl groups excluding tert-OH is 2. The summed E-state index contributed by atoms with van der Waals surface area (Å²) in [5, 5.41) is 22.0. The number of rotatable bonds is 4. The van der Waals surface area contributed by atoms with Crippen molar-refractivity contribution in [1.29, 1.82) is 0 Å². The number of carbonyl (C=O) groups is 1. The van der Waals surface area contributed by atoms with E-state index in [1.54, 1.807) is 0 Å². The van der Waals surface area contributed by atoms with Crippen LogP contribution in [0.25, 0.3) is 0 Å². The van der Waals surface area contributed by atoms with E-state index in [-0.39, 0.29) is 47.6 Å². The Morgan fingerprint density at radius 1 is 0.656 bits per heavy atom. The number of ketones is 1. The molecule has 0 aliphatic heterocycles. The quantitative estimate of drug-likeness (QED) is 0.525. The maximum atomic E-state index is 14.1. The molecule has 184 valence electrons. The Morgan fingerprint density at radius 3 is 1.34 bits per heavy atom. The summed E-state index contributed by atoms with van der Waals surface area (Å²) in [6.45, 7) is 4.13. The molecule has 10 unspecified atom stereocenters. The second-order valence-corrected chi connectivity index (χ2v) is 12.1. The summed E-state index contributed by atoms with van der Waals surface area (Å²) >= 11 is 0. The maximum Gasteiger partial charge on any atom is 0.139 e. The van der Waals surface area contributed by atoms with Gasteiger partial charge < -0.3 is 21.7 Å². The fraction of sp³-hybridized carbons (Fsp3) is 0.963. The fourth-order valence-corrected chi connectivity index (χ4v) is 8.12. The molecule has 0 saturated heterocycles. The number of aliphatic hydroxyl groups is 2. The van der Waals surface area contributed by atoms with Crippen molar-refractivity contribution in [3.05, 3.63) is 0 Å². The van der Waals surface area contributed by atoms with Gasteiger partial charge in [-0.05, 0) is 48.3 Å². The molecule has 4 aliphatic rings. The normalized spacial score (nSPS) is 47.3. The topological polar surface area (TPSA) is 110 Å². The molecule has 0 heterocycles. The predicted molar refractivity (Wildman–Crippen MR) is 128 cm³/mol. The second kappa shape index (κ2) is 10.4. The van der Waals surface area contributed by atoms with Crippen LogP contribution in [-0.4, -0.2) is 40.3 Å². The third kappa shape index (κ3) is 4.69. The van der Waals surface area contributed by atoms with Crippen molar-refractivity contribution in [2.45, 2.75) is 115 Å². The zero-order chi connectivity index (χ0) is 23.0. The van der Waals surface area contributed by atoms with Crippen LogP contribution in [0.3, 0.4) is 0 Å². The van der Waals surface area contributed by atoms with E-state index < -0.39 is 12.2 Å². The average molecular weight is 449 g/mol. The number of hydrogen-bond donors (Lipinski definition) is 4. The van der Waals surface area contributed by atoms with Gasteiger partial charge in [0.05, 0.1) is 12.2 Å². The van der Waals surface area contributed by atoms with Crippen LogP contribution in [0.15, 0.2) is 0 Å². The molecule has 0 bridgehead atoms. The van der Waals surface area contributed by atoms with Crippen molar-refractivity contribution in [2.75, 3.05) is 0 Å². The molecular weight excluding hydrogens is 400 g/mol. The first-order valence-electron chi connectivity index (χ1n) is 13.7. The van der Waals surface area contributed by atoms with E-state index in [9.17, 15) is 15.0 Å². The van der Waals surface area contributed by atoms with Gasteiger partial charge in [0.2, 0.25) is 0 Å². The summed E-state index contributed by atoms with van der Waals surface area (Å²) in [5.41, 5.74) is 13.1. The predicted octanol–water partition coefficient (Wildman–Crippen LogP) is 3.64. The van der Waals surface area contributed by atoms with E-state index >= 15 is 0 Å². The molecule has 5 heteroatoms. The second-order valence-electron chi connectivity index (χ2n) is 12.1. The van der Waals surface area contributed by atoms with Crippen molar-refractivity contribution in [1.82, 2.24) is 0 Å². The van der Waals surface area contributed by atoms with E-state index in [0.717, 1.165) is 38.5 Å². The third-order valence-corrected chi connectivity index (χ3v) is 10.4. The van der Waals surface area contributed by atoms with Crippen molar-refractivity contribution in [3.8, 4) is 0 Å². The molecule has 5 nitrogen and oxygen atoms in total. The van der Waals surface area contributed by atoms with Gasteiger partial charge in [-0.15, -0.1) is 0 Å². The van der Waals surface area contributed by atoms with E-state index in [2.05, 4.69) is 13.8 Å². The van der Waals surface area contributed by atoms with Crippen LogP contribution in [0, 0.1) is 47.3 Å². The fourth-order valence-electron chi connectivity index (χ4n) is 8.12. The molecule has 0 aromatic rings. The standard InChI is InChI=1S/C27H48N2O3/c1-15-19(13-21(26(31)23(15)28)17-9-5-3-6-10-17)25(30)20-14-22(18-11-7-4-8-12-18)27(32)24(29)16(20)2/h15-24,26-27,31-32H,3-14,28-29H2,1-2H3. The van der Waals surface area contributed by atoms with Crippen LogP contribution in [0.1, 0.15) is 90.9 Å². The first-order valence-corrected chi connectivity index (χ1v) is 13.7. The largest absolute Gasteiger partial charge is 0.391 e. The molecule has 4 fully saturated rings. The molecule has 0 aromatic heterocycles. The minimum absolute atomic E-state index is 0.0132. The Balaban J connectivity index is 1.52. The highest BCUT2D eigenvalue weighted by molar-refractivity contribution is 5.84.